The lowest BCUT2D eigenvalue weighted by molar-refractivity contribution is 0.0777. The van der Waals surface area contributed by atoms with E-state index in [4.69, 9.17) is 9.15 Å². The summed E-state index contributed by atoms with van der Waals surface area (Å²) in [5.74, 6) is 1.53. The fourth-order valence-corrected chi connectivity index (χ4v) is 1.85. The standard InChI is InChI=1S/C13H21NO3/c1-9-10(2)17-11(3)12(9)13(15)14(4)7-6-8-16-5/h6-8H2,1-5H3. The lowest BCUT2D eigenvalue weighted by Gasteiger charge is -2.17. The molecule has 0 aliphatic carbocycles. The largest absolute Gasteiger partial charge is 0.466 e. The topological polar surface area (TPSA) is 42.7 Å². The molecule has 1 heterocycles. The van der Waals surface area contributed by atoms with Crippen LogP contribution in [0.5, 0.6) is 0 Å². The molecule has 1 rings (SSSR count). The number of ether oxygens (including phenoxy) is 1. The fraction of sp³-hybridized carbons (Fsp3) is 0.615. The lowest BCUT2D eigenvalue weighted by atomic mass is 10.1. The molecule has 0 aliphatic heterocycles. The van der Waals surface area contributed by atoms with Gasteiger partial charge in [-0.1, -0.05) is 0 Å². The highest BCUT2D eigenvalue weighted by molar-refractivity contribution is 5.96. The van der Waals surface area contributed by atoms with Crippen LogP contribution in [0, 0.1) is 20.8 Å². The zero-order valence-electron chi connectivity index (χ0n) is 11.3. The van der Waals surface area contributed by atoms with Gasteiger partial charge in [0.25, 0.3) is 5.91 Å². The molecule has 0 saturated carbocycles. The Balaban J connectivity index is 2.75. The smallest absolute Gasteiger partial charge is 0.257 e. The van der Waals surface area contributed by atoms with Gasteiger partial charge in [-0.3, -0.25) is 4.79 Å². The van der Waals surface area contributed by atoms with E-state index in [-0.39, 0.29) is 5.91 Å². The number of hydrogen-bond acceptors (Lipinski definition) is 3. The van der Waals surface area contributed by atoms with Crippen LogP contribution in [0.4, 0.5) is 0 Å². The van der Waals surface area contributed by atoms with Crippen LogP contribution in [0.3, 0.4) is 0 Å². The average Bonchev–Trinajstić information content (AvgIpc) is 2.52. The van der Waals surface area contributed by atoms with E-state index in [1.165, 1.54) is 0 Å². The van der Waals surface area contributed by atoms with Gasteiger partial charge in [-0.15, -0.1) is 0 Å². The van der Waals surface area contributed by atoms with Gasteiger partial charge in [0.15, 0.2) is 0 Å². The van der Waals surface area contributed by atoms with Gasteiger partial charge in [0.2, 0.25) is 0 Å². The van der Waals surface area contributed by atoms with Crippen molar-refractivity contribution in [3.63, 3.8) is 0 Å². The van der Waals surface area contributed by atoms with Crippen LogP contribution in [0.15, 0.2) is 4.42 Å². The number of aryl methyl sites for hydroxylation is 2. The molecular weight excluding hydrogens is 218 g/mol. The van der Waals surface area contributed by atoms with Crippen molar-refractivity contribution in [2.45, 2.75) is 27.2 Å². The highest BCUT2D eigenvalue weighted by atomic mass is 16.5. The summed E-state index contributed by atoms with van der Waals surface area (Å²) in [5.41, 5.74) is 1.63. The maximum atomic E-state index is 12.2. The third kappa shape index (κ3) is 3.09. The van der Waals surface area contributed by atoms with Crippen molar-refractivity contribution in [3.05, 3.63) is 22.6 Å². The monoisotopic (exact) mass is 239 g/mol. The number of carbonyl (C=O) groups excluding carboxylic acids is 1. The predicted octanol–water partition coefficient (Wildman–Crippen LogP) is 2.31. The first-order valence-corrected chi connectivity index (χ1v) is 5.80. The second kappa shape index (κ2) is 5.87. The minimum atomic E-state index is 0.0213. The summed E-state index contributed by atoms with van der Waals surface area (Å²) in [6.45, 7) is 6.98. The van der Waals surface area contributed by atoms with Gasteiger partial charge >= 0.3 is 0 Å². The van der Waals surface area contributed by atoms with Gasteiger partial charge in [0.05, 0.1) is 5.56 Å². The summed E-state index contributed by atoms with van der Waals surface area (Å²) in [4.78, 5) is 13.9. The van der Waals surface area contributed by atoms with Crippen LogP contribution < -0.4 is 0 Å². The molecule has 0 aromatic carbocycles. The maximum absolute atomic E-state index is 12.2. The molecule has 0 fully saturated rings. The first-order valence-electron chi connectivity index (χ1n) is 5.80. The zero-order valence-corrected chi connectivity index (χ0v) is 11.3. The van der Waals surface area contributed by atoms with Crippen molar-refractivity contribution in [1.29, 1.82) is 0 Å². The number of furan rings is 1. The average molecular weight is 239 g/mol. The molecule has 0 bridgehead atoms. The Morgan fingerprint density at radius 2 is 1.94 bits per heavy atom. The van der Waals surface area contributed by atoms with Crippen LogP contribution in [0.1, 0.15) is 33.9 Å². The van der Waals surface area contributed by atoms with Gasteiger partial charge in [0, 0.05) is 32.9 Å². The van der Waals surface area contributed by atoms with E-state index in [9.17, 15) is 4.79 Å². The Labute approximate surface area is 103 Å². The molecule has 0 spiro atoms. The third-order valence-corrected chi connectivity index (χ3v) is 2.96. The Bertz CT molecular complexity index is 396. The van der Waals surface area contributed by atoms with E-state index in [1.807, 2.05) is 20.8 Å². The predicted molar refractivity (Wildman–Crippen MR) is 66.4 cm³/mol. The number of carbonyl (C=O) groups is 1. The third-order valence-electron chi connectivity index (χ3n) is 2.96. The summed E-state index contributed by atoms with van der Waals surface area (Å²) in [6, 6.07) is 0. The Morgan fingerprint density at radius 1 is 1.29 bits per heavy atom. The maximum Gasteiger partial charge on any atom is 0.257 e. The van der Waals surface area contributed by atoms with Gasteiger partial charge in [-0.2, -0.15) is 0 Å². The van der Waals surface area contributed by atoms with Crippen molar-refractivity contribution >= 4 is 5.91 Å². The summed E-state index contributed by atoms with van der Waals surface area (Å²) in [6.07, 6.45) is 0.841. The van der Waals surface area contributed by atoms with E-state index in [0.717, 1.165) is 17.7 Å². The summed E-state index contributed by atoms with van der Waals surface area (Å²) < 4.78 is 10.4. The van der Waals surface area contributed by atoms with Crippen LogP contribution in [-0.2, 0) is 4.74 Å². The van der Waals surface area contributed by atoms with Crippen LogP contribution in [-0.4, -0.2) is 38.1 Å². The molecule has 4 heteroatoms. The molecule has 1 aromatic heterocycles. The molecule has 0 atom stereocenters. The quantitative estimate of drug-likeness (QED) is 0.740. The van der Waals surface area contributed by atoms with Gasteiger partial charge in [-0.25, -0.2) is 0 Å². The highest BCUT2D eigenvalue weighted by Crippen LogP contribution is 2.21. The molecule has 17 heavy (non-hydrogen) atoms. The van der Waals surface area contributed by atoms with E-state index in [1.54, 1.807) is 19.1 Å². The van der Waals surface area contributed by atoms with Gasteiger partial charge in [0.1, 0.15) is 11.5 Å². The van der Waals surface area contributed by atoms with Crippen molar-refractivity contribution < 1.29 is 13.9 Å². The molecular formula is C13H21NO3. The van der Waals surface area contributed by atoms with Crippen molar-refractivity contribution in [1.82, 2.24) is 4.90 Å². The summed E-state index contributed by atoms with van der Waals surface area (Å²) in [7, 11) is 3.47. The Kier molecular flexibility index (Phi) is 4.75. The first-order chi connectivity index (χ1) is 7.99. The lowest BCUT2D eigenvalue weighted by Crippen LogP contribution is -2.29. The minimum absolute atomic E-state index is 0.0213. The number of nitrogens with zero attached hydrogens (tertiary/aromatic N) is 1. The van der Waals surface area contributed by atoms with E-state index in [2.05, 4.69) is 0 Å². The number of rotatable bonds is 5. The van der Waals surface area contributed by atoms with Crippen LogP contribution in [0.2, 0.25) is 0 Å². The molecule has 0 radical (unpaired) electrons. The molecule has 0 saturated heterocycles. The summed E-state index contributed by atoms with van der Waals surface area (Å²) in [5, 5.41) is 0. The van der Waals surface area contributed by atoms with E-state index >= 15 is 0 Å². The van der Waals surface area contributed by atoms with Crippen LogP contribution in [0.25, 0.3) is 0 Å². The van der Waals surface area contributed by atoms with Crippen LogP contribution >= 0.6 is 0 Å². The normalized spacial score (nSPS) is 10.6. The fourth-order valence-electron chi connectivity index (χ4n) is 1.85. The van der Waals surface area contributed by atoms with Crippen molar-refractivity contribution in [2.75, 3.05) is 27.3 Å². The van der Waals surface area contributed by atoms with Crippen molar-refractivity contribution in [2.24, 2.45) is 0 Å². The SMILES string of the molecule is COCCCN(C)C(=O)c1c(C)oc(C)c1C. The Hall–Kier alpha value is -1.29. The highest BCUT2D eigenvalue weighted by Gasteiger charge is 2.21. The second-order valence-corrected chi connectivity index (χ2v) is 4.29. The second-order valence-electron chi connectivity index (χ2n) is 4.29. The Morgan fingerprint density at radius 3 is 2.41 bits per heavy atom. The molecule has 96 valence electrons. The van der Waals surface area contributed by atoms with Gasteiger partial charge < -0.3 is 14.1 Å². The molecule has 4 nitrogen and oxygen atoms in total. The minimum Gasteiger partial charge on any atom is -0.466 e. The zero-order chi connectivity index (χ0) is 13.0. The molecule has 0 aliphatic rings. The first kappa shape index (κ1) is 13.8. The number of hydrogen-bond donors (Lipinski definition) is 0. The number of amides is 1. The molecule has 0 unspecified atom stereocenters. The summed E-state index contributed by atoms with van der Waals surface area (Å²) >= 11 is 0. The number of methoxy groups -OCH3 is 1. The van der Waals surface area contributed by atoms with E-state index in [0.29, 0.717) is 24.5 Å². The molecule has 1 amide bonds. The molecule has 1 aromatic rings. The molecule has 0 N–H and O–H groups in total. The van der Waals surface area contributed by atoms with Crippen molar-refractivity contribution in [3.8, 4) is 0 Å². The van der Waals surface area contributed by atoms with E-state index < -0.39 is 0 Å². The van der Waals surface area contributed by atoms with Gasteiger partial charge in [-0.05, 0) is 27.2 Å².